The molecule has 0 aromatic heterocycles. The van der Waals surface area contributed by atoms with E-state index in [-0.39, 0.29) is 25.5 Å². The van der Waals surface area contributed by atoms with Crippen molar-refractivity contribution >= 4 is 18.0 Å². The zero-order valence-electron chi connectivity index (χ0n) is 19.1. The third-order valence-corrected chi connectivity index (χ3v) is 6.53. The van der Waals surface area contributed by atoms with Gasteiger partial charge in [0.2, 0.25) is 5.91 Å². The minimum absolute atomic E-state index is 0.0364. The normalized spacial score (nSPS) is 15.6. The second-order valence-electron chi connectivity index (χ2n) is 9.02. The number of amides is 2. The van der Waals surface area contributed by atoms with E-state index in [2.05, 4.69) is 22.8 Å². The Morgan fingerprint density at radius 3 is 2.17 bits per heavy atom. The van der Waals surface area contributed by atoms with Gasteiger partial charge in [0.1, 0.15) is 12.6 Å². The van der Waals surface area contributed by atoms with E-state index in [1.807, 2.05) is 36.4 Å². The summed E-state index contributed by atoms with van der Waals surface area (Å²) in [5.74, 6) is -7.41. The van der Waals surface area contributed by atoms with Crippen LogP contribution < -0.4 is 10.6 Å². The van der Waals surface area contributed by atoms with Crippen molar-refractivity contribution in [2.75, 3.05) is 13.2 Å². The van der Waals surface area contributed by atoms with Gasteiger partial charge in [0.05, 0.1) is 0 Å². The number of aliphatic carboxylic acids is 1. The monoisotopic (exact) mass is 486 g/mol. The standard InChI is InChI=1S/C26H28F2N2O5/c27-26(28,24(32)33)23(16-12-13-16)30-22(31)11-5-6-14-29-25(34)35-15-21-19-9-3-1-7-17(19)18-8-2-4-10-20(18)21/h1-4,7-10,16,21,23H,5-6,11-15H2,(H,29,34)(H,30,31)(H,32,33). The van der Waals surface area contributed by atoms with Gasteiger partial charge in [-0.05, 0) is 53.9 Å². The molecule has 186 valence electrons. The molecule has 1 unspecified atom stereocenters. The van der Waals surface area contributed by atoms with Crippen LogP contribution in [0.2, 0.25) is 0 Å². The molecule has 2 aromatic carbocycles. The first-order chi connectivity index (χ1) is 16.8. The number of hydrogen-bond donors (Lipinski definition) is 3. The van der Waals surface area contributed by atoms with Crippen LogP contribution in [0, 0.1) is 5.92 Å². The van der Waals surface area contributed by atoms with E-state index in [1.165, 1.54) is 0 Å². The van der Waals surface area contributed by atoms with Gasteiger partial charge >= 0.3 is 18.0 Å². The van der Waals surface area contributed by atoms with Crippen LogP contribution in [0.5, 0.6) is 0 Å². The molecule has 0 bridgehead atoms. The SMILES string of the molecule is O=C(CCCCNC(=O)OCC1c2ccccc2-c2ccccc21)NC(C1CC1)C(F)(F)C(=O)O. The summed E-state index contributed by atoms with van der Waals surface area (Å²) < 4.78 is 33.2. The average molecular weight is 487 g/mol. The lowest BCUT2D eigenvalue weighted by atomic mass is 9.98. The van der Waals surface area contributed by atoms with Gasteiger partial charge < -0.3 is 20.5 Å². The van der Waals surface area contributed by atoms with E-state index < -0.39 is 35.9 Å². The first-order valence-electron chi connectivity index (χ1n) is 11.8. The van der Waals surface area contributed by atoms with Crippen molar-refractivity contribution in [1.82, 2.24) is 10.6 Å². The van der Waals surface area contributed by atoms with Crippen LogP contribution in [0.3, 0.4) is 0 Å². The van der Waals surface area contributed by atoms with Crippen molar-refractivity contribution in [3.63, 3.8) is 0 Å². The Hall–Kier alpha value is -3.49. The molecule has 2 amide bonds. The number of alkyl halides is 2. The molecule has 3 N–H and O–H groups in total. The maximum atomic E-state index is 13.9. The largest absolute Gasteiger partial charge is 0.477 e. The van der Waals surface area contributed by atoms with Crippen LogP contribution >= 0.6 is 0 Å². The van der Waals surface area contributed by atoms with Crippen molar-refractivity contribution < 1.29 is 33.0 Å². The second-order valence-corrected chi connectivity index (χ2v) is 9.02. The lowest BCUT2D eigenvalue weighted by Gasteiger charge is -2.24. The van der Waals surface area contributed by atoms with Crippen LogP contribution in [0.4, 0.5) is 13.6 Å². The zero-order chi connectivity index (χ0) is 25.0. The highest BCUT2D eigenvalue weighted by atomic mass is 19.3. The number of nitrogens with one attached hydrogen (secondary N) is 2. The summed E-state index contributed by atoms with van der Waals surface area (Å²) >= 11 is 0. The number of halogens is 2. The summed E-state index contributed by atoms with van der Waals surface area (Å²) in [4.78, 5) is 35.1. The predicted molar refractivity (Wildman–Crippen MR) is 124 cm³/mol. The topological polar surface area (TPSA) is 105 Å². The van der Waals surface area contributed by atoms with E-state index in [1.54, 1.807) is 0 Å². The molecular weight excluding hydrogens is 458 g/mol. The molecule has 0 radical (unpaired) electrons. The first kappa shape index (κ1) is 24.6. The minimum Gasteiger partial charge on any atom is -0.477 e. The Balaban J connectivity index is 1.17. The molecule has 1 atom stereocenters. The number of ether oxygens (including phenoxy) is 1. The van der Waals surface area contributed by atoms with Gasteiger partial charge in [0.25, 0.3) is 0 Å². The number of rotatable bonds is 11. The molecule has 0 spiro atoms. The third kappa shape index (κ3) is 5.61. The number of alkyl carbamates (subject to hydrolysis) is 1. The summed E-state index contributed by atoms with van der Waals surface area (Å²) in [7, 11) is 0. The Labute approximate surface area is 201 Å². The Kier molecular flexibility index (Phi) is 7.33. The zero-order valence-corrected chi connectivity index (χ0v) is 19.1. The lowest BCUT2D eigenvalue weighted by molar-refractivity contribution is -0.171. The van der Waals surface area contributed by atoms with E-state index in [9.17, 15) is 23.2 Å². The molecule has 2 aliphatic rings. The Morgan fingerprint density at radius 1 is 1.00 bits per heavy atom. The summed E-state index contributed by atoms with van der Waals surface area (Å²) in [5, 5.41) is 13.6. The lowest BCUT2D eigenvalue weighted by Crippen LogP contribution is -2.53. The quantitative estimate of drug-likeness (QED) is 0.411. The number of carboxylic acids is 1. The smallest absolute Gasteiger partial charge is 0.407 e. The van der Waals surface area contributed by atoms with E-state index in [0.29, 0.717) is 25.7 Å². The minimum atomic E-state index is -4.00. The van der Waals surface area contributed by atoms with Gasteiger partial charge in [0, 0.05) is 18.9 Å². The van der Waals surface area contributed by atoms with Crippen molar-refractivity contribution in [1.29, 1.82) is 0 Å². The molecule has 0 saturated heterocycles. The van der Waals surface area contributed by atoms with E-state index >= 15 is 0 Å². The van der Waals surface area contributed by atoms with Gasteiger partial charge in [-0.15, -0.1) is 0 Å². The molecule has 4 rings (SSSR count). The van der Waals surface area contributed by atoms with Gasteiger partial charge in [-0.25, -0.2) is 9.59 Å². The molecule has 1 fully saturated rings. The van der Waals surface area contributed by atoms with E-state index in [0.717, 1.165) is 22.3 Å². The van der Waals surface area contributed by atoms with Gasteiger partial charge in [-0.1, -0.05) is 48.5 Å². The summed E-state index contributed by atoms with van der Waals surface area (Å²) in [6.07, 6.45) is 1.14. The summed E-state index contributed by atoms with van der Waals surface area (Å²) in [6, 6.07) is 14.4. The van der Waals surface area contributed by atoms with Crippen molar-refractivity contribution in [2.45, 2.75) is 50.0 Å². The highest BCUT2D eigenvalue weighted by molar-refractivity contribution is 5.81. The van der Waals surface area contributed by atoms with Crippen LogP contribution in [-0.4, -0.2) is 48.2 Å². The Morgan fingerprint density at radius 2 is 1.60 bits per heavy atom. The third-order valence-electron chi connectivity index (χ3n) is 6.53. The van der Waals surface area contributed by atoms with Crippen molar-refractivity contribution in [3.8, 4) is 11.1 Å². The maximum Gasteiger partial charge on any atom is 0.407 e. The fourth-order valence-electron chi connectivity index (χ4n) is 4.56. The molecule has 2 aliphatic carbocycles. The second kappa shape index (κ2) is 10.4. The number of benzene rings is 2. The number of unbranched alkanes of at least 4 members (excludes halogenated alkanes) is 1. The number of hydrogen-bond acceptors (Lipinski definition) is 4. The molecule has 35 heavy (non-hydrogen) atoms. The summed E-state index contributed by atoms with van der Waals surface area (Å²) in [5.41, 5.74) is 4.51. The molecule has 1 saturated carbocycles. The molecular formula is C26H28F2N2O5. The van der Waals surface area contributed by atoms with Gasteiger partial charge in [0.15, 0.2) is 0 Å². The van der Waals surface area contributed by atoms with Crippen molar-refractivity contribution in [3.05, 3.63) is 59.7 Å². The number of carbonyl (C=O) groups is 3. The fraction of sp³-hybridized carbons (Fsp3) is 0.423. The molecule has 2 aromatic rings. The first-order valence-corrected chi connectivity index (χ1v) is 11.8. The maximum absolute atomic E-state index is 13.9. The van der Waals surface area contributed by atoms with Crippen LogP contribution in [0.15, 0.2) is 48.5 Å². The predicted octanol–water partition coefficient (Wildman–Crippen LogP) is 4.31. The average Bonchev–Trinajstić information content (AvgIpc) is 3.63. The van der Waals surface area contributed by atoms with Crippen LogP contribution in [0.25, 0.3) is 11.1 Å². The van der Waals surface area contributed by atoms with Crippen molar-refractivity contribution in [2.24, 2.45) is 5.92 Å². The molecule has 0 aliphatic heterocycles. The Bertz CT molecular complexity index is 1060. The molecule has 9 heteroatoms. The van der Waals surface area contributed by atoms with E-state index in [4.69, 9.17) is 9.84 Å². The van der Waals surface area contributed by atoms with Gasteiger partial charge in [-0.2, -0.15) is 8.78 Å². The molecule has 0 heterocycles. The highest BCUT2D eigenvalue weighted by Gasteiger charge is 2.54. The highest BCUT2D eigenvalue weighted by Crippen LogP contribution is 2.44. The van der Waals surface area contributed by atoms with Gasteiger partial charge in [-0.3, -0.25) is 4.79 Å². The fourth-order valence-corrected chi connectivity index (χ4v) is 4.56. The van der Waals surface area contributed by atoms with Crippen LogP contribution in [-0.2, 0) is 14.3 Å². The molecule has 7 nitrogen and oxygen atoms in total. The van der Waals surface area contributed by atoms with Crippen LogP contribution in [0.1, 0.15) is 49.1 Å². The number of fused-ring (bicyclic) bond motifs is 3. The summed E-state index contributed by atoms with van der Waals surface area (Å²) in [6.45, 7) is 0.462. The number of carbonyl (C=O) groups excluding carboxylic acids is 2. The number of carboxylic acid groups (broad SMARTS) is 1.